The van der Waals surface area contributed by atoms with Crippen molar-refractivity contribution in [3.63, 3.8) is 0 Å². The second-order valence-corrected chi connectivity index (χ2v) is 11.1. The number of halogens is 7. The van der Waals surface area contributed by atoms with E-state index in [4.69, 9.17) is 9.47 Å². The summed E-state index contributed by atoms with van der Waals surface area (Å²) in [6.07, 6.45) is -10.0. The van der Waals surface area contributed by atoms with Crippen molar-refractivity contribution in [2.24, 2.45) is 0 Å². The predicted octanol–water partition coefficient (Wildman–Crippen LogP) is 7.74. The first-order valence-electron chi connectivity index (χ1n) is 13.8. The van der Waals surface area contributed by atoms with Crippen LogP contribution >= 0.6 is 0 Å². The Hall–Kier alpha value is -4.10. The summed E-state index contributed by atoms with van der Waals surface area (Å²) in [6.45, 7) is 6.29. The van der Waals surface area contributed by atoms with Crippen LogP contribution in [-0.2, 0) is 23.6 Å². The third-order valence-corrected chi connectivity index (χ3v) is 7.88. The van der Waals surface area contributed by atoms with Crippen molar-refractivity contribution in [2.45, 2.75) is 64.2 Å². The van der Waals surface area contributed by atoms with Gasteiger partial charge < -0.3 is 14.4 Å². The molecule has 44 heavy (non-hydrogen) atoms. The van der Waals surface area contributed by atoms with E-state index in [2.05, 4.69) is 9.97 Å². The Morgan fingerprint density at radius 2 is 1.64 bits per heavy atom. The minimum absolute atomic E-state index is 0.0225. The zero-order valence-corrected chi connectivity index (χ0v) is 24.2. The number of ether oxygens (including phenoxy) is 2. The Balaban J connectivity index is 1.56. The van der Waals surface area contributed by atoms with Gasteiger partial charge in [0.1, 0.15) is 17.7 Å². The molecule has 3 aromatic rings. The van der Waals surface area contributed by atoms with Crippen LogP contribution in [0.5, 0.6) is 5.75 Å². The van der Waals surface area contributed by atoms with Gasteiger partial charge in [-0.3, -0.25) is 4.90 Å². The lowest BCUT2D eigenvalue weighted by molar-refractivity contribution is -0.143. The fraction of sp³-hybridized carbons (Fsp3) is 0.433. The number of aromatic nitrogens is 2. The summed E-state index contributed by atoms with van der Waals surface area (Å²) in [6, 6.07) is 3.01. The van der Waals surface area contributed by atoms with Crippen LogP contribution in [0.3, 0.4) is 0 Å². The Bertz CT molecular complexity index is 1540. The molecule has 1 amide bonds. The van der Waals surface area contributed by atoms with Crippen molar-refractivity contribution < 1.29 is 45.0 Å². The lowest BCUT2D eigenvalue weighted by Gasteiger charge is -2.31. The quantitative estimate of drug-likeness (QED) is 0.250. The molecule has 2 aliphatic heterocycles. The van der Waals surface area contributed by atoms with Crippen LogP contribution in [0.4, 0.5) is 41.5 Å². The molecule has 0 N–H and O–H groups in total. The minimum Gasteiger partial charge on any atom is -0.496 e. The van der Waals surface area contributed by atoms with E-state index in [1.807, 2.05) is 18.7 Å². The highest BCUT2D eigenvalue weighted by Crippen LogP contribution is 2.42. The topological polar surface area (TPSA) is 67.8 Å². The van der Waals surface area contributed by atoms with Crippen LogP contribution in [-0.4, -0.2) is 47.2 Å². The fourth-order valence-electron chi connectivity index (χ4n) is 5.28. The third-order valence-electron chi connectivity index (χ3n) is 7.88. The van der Waals surface area contributed by atoms with E-state index in [0.717, 1.165) is 6.42 Å². The number of methoxy groups -OCH3 is 1. The van der Waals surface area contributed by atoms with Gasteiger partial charge in [-0.05, 0) is 54.7 Å². The van der Waals surface area contributed by atoms with E-state index >= 15 is 0 Å². The first kappa shape index (κ1) is 31.3. The van der Waals surface area contributed by atoms with Crippen LogP contribution in [0.2, 0.25) is 0 Å². The summed E-state index contributed by atoms with van der Waals surface area (Å²) in [5.74, 6) is -0.0939. The molecule has 7 nitrogen and oxygen atoms in total. The van der Waals surface area contributed by atoms with E-state index in [1.54, 1.807) is 6.07 Å². The molecule has 0 bridgehead atoms. The predicted molar refractivity (Wildman–Crippen MR) is 146 cm³/mol. The molecule has 0 saturated carbocycles. The Kier molecular flexibility index (Phi) is 8.14. The van der Waals surface area contributed by atoms with Crippen LogP contribution in [0.25, 0.3) is 11.1 Å². The highest BCUT2D eigenvalue weighted by atomic mass is 19.4. The van der Waals surface area contributed by atoms with Crippen LogP contribution in [0, 0.1) is 5.82 Å². The second kappa shape index (κ2) is 11.4. The molecule has 0 spiro atoms. The van der Waals surface area contributed by atoms with Gasteiger partial charge in [0.15, 0.2) is 0 Å². The summed E-state index contributed by atoms with van der Waals surface area (Å²) in [5, 5.41) is 0. The second-order valence-electron chi connectivity index (χ2n) is 11.1. The van der Waals surface area contributed by atoms with Gasteiger partial charge in [0.05, 0.1) is 36.5 Å². The minimum atomic E-state index is -5.06. The number of hydrogen-bond acceptors (Lipinski definition) is 6. The number of carbonyl (C=O) groups is 1. The standard InChI is InChI=1S/C30H29F7N4O3/c1-15(2)20-11-21(25(43-4)12-23(20)31)22-13-38-27(40-6-5-7-40)39-24(22)14-41-16(3)26(44-28(41)42)17-8-18(29(32,33)34)10-19(9-17)30(35,36)37/h8-13,15-16,26H,5-7,14H2,1-4H3/t16?,26-/m0/s1. The molecule has 236 valence electrons. The summed E-state index contributed by atoms with van der Waals surface area (Å²) >= 11 is 0. The molecule has 0 radical (unpaired) electrons. The third kappa shape index (κ3) is 5.98. The number of anilines is 1. The van der Waals surface area contributed by atoms with Crippen molar-refractivity contribution in [1.82, 2.24) is 14.9 Å². The van der Waals surface area contributed by atoms with Gasteiger partial charge in [-0.15, -0.1) is 0 Å². The number of benzene rings is 2. The SMILES string of the molecule is COc1cc(F)c(C(C)C)cc1-c1cnc(N2CCC2)nc1CN1C(=O)O[C@H](c2cc(C(F)(F)F)cc(C(F)(F)F)c2)C1C. The summed E-state index contributed by atoms with van der Waals surface area (Å²) in [4.78, 5) is 25.4. The van der Waals surface area contributed by atoms with Gasteiger partial charge in [0.25, 0.3) is 0 Å². The molecular weight excluding hydrogens is 597 g/mol. The van der Waals surface area contributed by atoms with Gasteiger partial charge in [0.2, 0.25) is 5.95 Å². The van der Waals surface area contributed by atoms with Crippen molar-refractivity contribution in [3.8, 4) is 16.9 Å². The molecule has 5 rings (SSSR count). The van der Waals surface area contributed by atoms with E-state index < -0.39 is 53.1 Å². The lowest BCUT2D eigenvalue weighted by atomic mass is 9.95. The summed E-state index contributed by atoms with van der Waals surface area (Å²) < 4.78 is 107. The number of cyclic esters (lactones) is 1. The summed E-state index contributed by atoms with van der Waals surface area (Å²) in [5.41, 5.74) is -1.89. The summed E-state index contributed by atoms with van der Waals surface area (Å²) in [7, 11) is 1.37. The highest BCUT2D eigenvalue weighted by molar-refractivity contribution is 5.75. The van der Waals surface area contributed by atoms with E-state index in [1.165, 1.54) is 31.2 Å². The first-order chi connectivity index (χ1) is 20.6. The monoisotopic (exact) mass is 626 g/mol. The number of hydrogen-bond donors (Lipinski definition) is 0. The maximum atomic E-state index is 14.8. The van der Waals surface area contributed by atoms with Crippen molar-refractivity contribution in [2.75, 3.05) is 25.1 Å². The number of nitrogens with zero attached hydrogens (tertiary/aromatic N) is 4. The Morgan fingerprint density at radius 1 is 1.00 bits per heavy atom. The normalized spacial score (nSPS) is 19.0. The van der Waals surface area contributed by atoms with Crippen molar-refractivity contribution in [1.29, 1.82) is 0 Å². The maximum Gasteiger partial charge on any atom is 0.416 e. The fourth-order valence-corrected chi connectivity index (χ4v) is 5.28. The Labute approximate surface area is 248 Å². The largest absolute Gasteiger partial charge is 0.496 e. The molecule has 14 heteroatoms. The number of amides is 1. The molecule has 2 fully saturated rings. The molecule has 2 aliphatic rings. The average Bonchev–Trinajstić information content (AvgIpc) is 3.19. The molecular formula is C30H29F7N4O3. The van der Waals surface area contributed by atoms with Crippen molar-refractivity contribution >= 4 is 12.0 Å². The number of alkyl halides is 6. The van der Waals surface area contributed by atoms with E-state index in [0.29, 0.717) is 53.6 Å². The molecule has 1 unspecified atom stereocenters. The van der Waals surface area contributed by atoms with Crippen molar-refractivity contribution in [3.05, 3.63) is 70.3 Å². The average molecular weight is 627 g/mol. The van der Waals surface area contributed by atoms with Crippen LogP contribution in [0.1, 0.15) is 67.2 Å². The van der Waals surface area contributed by atoms with Gasteiger partial charge in [-0.2, -0.15) is 26.3 Å². The number of rotatable bonds is 7. The number of carbonyl (C=O) groups excluding carboxylic acids is 1. The van der Waals surface area contributed by atoms with Gasteiger partial charge in [-0.25, -0.2) is 19.2 Å². The van der Waals surface area contributed by atoms with E-state index in [-0.39, 0.29) is 24.3 Å². The smallest absolute Gasteiger partial charge is 0.416 e. The van der Waals surface area contributed by atoms with Gasteiger partial charge >= 0.3 is 18.4 Å². The molecule has 3 heterocycles. The Morgan fingerprint density at radius 3 is 2.16 bits per heavy atom. The molecule has 2 aromatic carbocycles. The molecule has 2 atom stereocenters. The zero-order chi connectivity index (χ0) is 32.1. The van der Waals surface area contributed by atoms with Crippen LogP contribution < -0.4 is 9.64 Å². The van der Waals surface area contributed by atoms with E-state index in [9.17, 15) is 35.5 Å². The molecule has 1 aromatic heterocycles. The van der Waals surface area contributed by atoms with Gasteiger partial charge in [-0.1, -0.05) is 13.8 Å². The molecule has 2 saturated heterocycles. The lowest BCUT2D eigenvalue weighted by Crippen LogP contribution is -2.39. The zero-order valence-electron chi connectivity index (χ0n) is 24.2. The van der Waals surface area contributed by atoms with Crippen LogP contribution in [0.15, 0.2) is 36.5 Å². The van der Waals surface area contributed by atoms with Gasteiger partial charge in [0, 0.05) is 36.5 Å². The molecule has 0 aliphatic carbocycles. The first-order valence-corrected chi connectivity index (χ1v) is 13.8. The highest BCUT2D eigenvalue weighted by Gasteiger charge is 2.43. The maximum absolute atomic E-state index is 14.8.